The molecule has 25 heavy (non-hydrogen) atoms. The second kappa shape index (κ2) is 6.48. The van der Waals surface area contributed by atoms with E-state index < -0.39 is 0 Å². The fraction of sp³-hybridized carbons (Fsp3) is 0.0556. The molecule has 124 valence electrons. The van der Waals surface area contributed by atoms with Crippen LogP contribution in [0, 0.1) is 0 Å². The number of aromatic amines is 1. The van der Waals surface area contributed by atoms with Crippen molar-refractivity contribution < 1.29 is 13.6 Å². The van der Waals surface area contributed by atoms with Gasteiger partial charge in [0.05, 0.1) is 12.5 Å². The number of H-pyrrole nitrogens is 1. The lowest BCUT2D eigenvalue weighted by Crippen LogP contribution is -2.23. The van der Waals surface area contributed by atoms with Crippen molar-refractivity contribution in [2.75, 3.05) is 0 Å². The lowest BCUT2D eigenvalue weighted by atomic mass is 10.2. The summed E-state index contributed by atoms with van der Waals surface area (Å²) >= 11 is 0. The predicted octanol–water partition coefficient (Wildman–Crippen LogP) is 3.25. The Morgan fingerprint density at radius 1 is 1.08 bits per heavy atom. The van der Waals surface area contributed by atoms with Gasteiger partial charge in [0.15, 0.2) is 17.2 Å². The van der Waals surface area contributed by atoms with Crippen molar-refractivity contribution in [3.63, 3.8) is 0 Å². The Morgan fingerprint density at radius 2 is 1.88 bits per heavy atom. The summed E-state index contributed by atoms with van der Waals surface area (Å²) in [7, 11) is 0. The quantitative estimate of drug-likeness (QED) is 0.584. The highest BCUT2D eigenvalue weighted by atomic mass is 16.3. The lowest BCUT2D eigenvalue weighted by molar-refractivity contribution is 0.0946. The molecule has 0 spiro atoms. The molecule has 0 aliphatic rings. The maximum atomic E-state index is 12.3. The van der Waals surface area contributed by atoms with Gasteiger partial charge in [-0.2, -0.15) is 5.10 Å². The van der Waals surface area contributed by atoms with Gasteiger partial charge in [0.25, 0.3) is 5.91 Å². The number of hydrogen-bond acceptors (Lipinski definition) is 5. The average molecular weight is 334 g/mol. The summed E-state index contributed by atoms with van der Waals surface area (Å²) in [6, 6.07) is 12.6. The van der Waals surface area contributed by atoms with Crippen molar-refractivity contribution in [2.45, 2.75) is 6.54 Å². The van der Waals surface area contributed by atoms with E-state index in [9.17, 15) is 4.79 Å². The minimum atomic E-state index is -0.273. The Kier molecular flexibility index (Phi) is 3.88. The normalized spacial score (nSPS) is 10.7. The summed E-state index contributed by atoms with van der Waals surface area (Å²) in [5, 5.41) is 9.64. The molecule has 1 amide bonds. The van der Waals surface area contributed by atoms with Gasteiger partial charge in [0.1, 0.15) is 11.4 Å². The van der Waals surface area contributed by atoms with Crippen molar-refractivity contribution in [3.8, 4) is 22.9 Å². The van der Waals surface area contributed by atoms with Gasteiger partial charge in [-0.25, -0.2) is 0 Å². The highest BCUT2D eigenvalue weighted by molar-refractivity contribution is 5.93. The van der Waals surface area contributed by atoms with E-state index in [0.717, 1.165) is 11.3 Å². The zero-order valence-corrected chi connectivity index (χ0v) is 13.1. The van der Waals surface area contributed by atoms with Crippen LogP contribution in [0.1, 0.15) is 16.1 Å². The number of amides is 1. The van der Waals surface area contributed by atoms with Crippen LogP contribution in [0.3, 0.4) is 0 Å². The predicted molar refractivity (Wildman–Crippen MR) is 89.4 cm³/mol. The summed E-state index contributed by atoms with van der Waals surface area (Å²) in [5.74, 6) is 1.04. The number of nitrogens with zero attached hydrogens (tertiary/aromatic N) is 2. The molecule has 0 saturated carbocycles. The molecule has 7 nitrogen and oxygen atoms in total. The first-order valence-electron chi connectivity index (χ1n) is 7.66. The maximum absolute atomic E-state index is 12.3. The molecule has 4 aromatic heterocycles. The minimum Gasteiger partial charge on any atom is -0.463 e. The molecule has 0 aliphatic heterocycles. The second-order valence-corrected chi connectivity index (χ2v) is 5.35. The Hall–Kier alpha value is -3.61. The van der Waals surface area contributed by atoms with Gasteiger partial charge in [-0.15, -0.1) is 0 Å². The van der Waals surface area contributed by atoms with Crippen LogP contribution in [0.15, 0.2) is 70.0 Å². The van der Waals surface area contributed by atoms with Crippen molar-refractivity contribution >= 4 is 5.91 Å². The van der Waals surface area contributed by atoms with E-state index in [2.05, 4.69) is 20.5 Å². The van der Waals surface area contributed by atoms with Gasteiger partial charge in [-0.05, 0) is 42.0 Å². The van der Waals surface area contributed by atoms with Crippen LogP contribution in [0.4, 0.5) is 0 Å². The van der Waals surface area contributed by atoms with Gasteiger partial charge in [-0.1, -0.05) is 0 Å². The van der Waals surface area contributed by atoms with E-state index in [0.29, 0.717) is 29.5 Å². The molecule has 0 radical (unpaired) electrons. The average Bonchev–Trinajstić information content (AvgIpc) is 3.41. The van der Waals surface area contributed by atoms with E-state index in [1.165, 1.54) is 0 Å². The Bertz CT molecular complexity index is 972. The summed E-state index contributed by atoms with van der Waals surface area (Å²) in [4.78, 5) is 16.5. The summed E-state index contributed by atoms with van der Waals surface area (Å²) in [5.41, 5.74) is 2.58. The largest absolute Gasteiger partial charge is 0.463 e. The number of hydrogen-bond donors (Lipinski definition) is 2. The molecule has 0 aliphatic carbocycles. The van der Waals surface area contributed by atoms with E-state index in [-0.39, 0.29) is 5.91 Å². The van der Waals surface area contributed by atoms with Crippen molar-refractivity contribution in [1.29, 1.82) is 0 Å². The summed E-state index contributed by atoms with van der Waals surface area (Å²) < 4.78 is 10.6. The number of pyridine rings is 1. The van der Waals surface area contributed by atoms with Gasteiger partial charge < -0.3 is 14.2 Å². The summed E-state index contributed by atoms with van der Waals surface area (Å²) in [6.07, 6.45) is 4.85. The zero-order chi connectivity index (χ0) is 17.1. The third-order valence-corrected chi connectivity index (χ3v) is 3.65. The first-order chi connectivity index (χ1) is 12.3. The van der Waals surface area contributed by atoms with Crippen LogP contribution < -0.4 is 5.32 Å². The molecule has 4 heterocycles. The molecule has 0 aromatic carbocycles. The molecule has 0 saturated heterocycles. The molecule has 4 rings (SSSR count). The first kappa shape index (κ1) is 14.9. The topological polar surface area (TPSA) is 97.0 Å². The third-order valence-electron chi connectivity index (χ3n) is 3.65. The van der Waals surface area contributed by atoms with Gasteiger partial charge in [0.2, 0.25) is 0 Å². The molecule has 0 unspecified atom stereocenters. The fourth-order valence-corrected chi connectivity index (χ4v) is 2.41. The van der Waals surface area contributed by atoms with Crippen LogP contribution in [-0.2, 0) is 6.54 Å². The SMILES string of the molecule is O=C(NCc1ccnc(-c2ccco2)c1)c1cc(-c2ccco2)[nH]n1. The number of furan rings is 2. The zero-order valence-electron chi connectivity index (χ0n) is 13.1. The third kappa shape index (κ3) is 3.20. The maximum Gasteiger partial charge on any atom is 0.272 e. The van der Waals surface area contributed by atoms with Crippen molar-refractivity contribution in [3.05, 3.63) is 72.4 Å². The molecule has 0 bridgehead atoms. The minimum absolute atomic E-state index is 0.273. The van der Waals surface area contributed by atoms with Crippen molar-refractivity contribution in [1.82, 2.24) is 20.5 Å². The molecular weight excluding hydrogens is 320 g/mol. The molecule has 0 fully saturated rings. The molecule has 2 N–H and O–H groups in total. The smallest absolute Gasteiger partial charge is 0.272 e. The van der Waals surface area contributed by atoms with E-state index in [1.54, 1.807) is 43.0 Å². The Labute approximate surface area is 142 Å². The first-order valence-corrected chi connectivity index (χ1v) is 7.66. The number of aromatic nitrogens is 3. The fourth-order valence-electron chi connectivity index (χ4n) is 2.41. The molecule has 0 atom stereocenters. The van der Waals surface area contributed by atoms with Crippen LogP contribution in [0.5, 0.6) is 0 Å². The van der Waals surface area contributed by atoms with E-state index in [1.807, 2.05) is 18.2 Å². The van der Waals surface area contributed by atoms with Gasteiger partial charge >= 0.3 is 0 Å². The van der Waals surface area contributed by atoms with Crippen LogP contribution in [0.2, 0.25) is 0 Å². The van der Waals surface area contributed by atoms with E-state index >= 15 is 0 Å². The molecule has 7 heteroatoms. The standard InChI is InChI=1S/C18H14N4O3/c23-18(15-10-14(21-22-15)17-4-2-8-25-17)20-11-12-5-6-19-13(9-12)16-3-1-7-24-16/h1-10H,11H2,(H,20,23)(H,21,22). The van der Waals surface area contributed by atoms with E-state index in [4.69, 9.17) is 8.83 Å². The Balaban J connectivity index is 1.43. The van der Waals surface area contributed by atoms with Crippen LogP contribution in [-0.4, -0.2) is 21.1 Å². The highest BCUT2D eigenvalue weighted by Crippen LogP contribution is 2.19. The summed E-state index contributed by atoms with van der Waals surface area (Å²) in [6.45, 7) is 0.359. The number of carbonyl (C=O) groups excluding carboxylic acids is 1. The van der Waals surface area contributed by atoms with Crippen molar-refractivity contribution in [2.24, 2.45) is 0 Å². The molecule has 4 aromatic rings. The number of rotatable bonds is 5. The Morgan fingerprint density at radius 3 is 2.64 bits per heavy atom. The number of nitrogens with one attached hydrogen (secondary N) is 2. The highest BCUT2D eigenvalue weighted by Gasteiger charge is 2.12. The second-order valence-electron chi connectivity index (χ2n) is 5.35. The van der Waals surface area contributed by atoms with Gasteiger partial charge in [0, 0.05) is 18.8 Å². The lowest BCUT2D eigenvalue weighted by Gasteiger charge is -2.04. The van der Waals surface area contributed by atoms with Crippen LogP contribution in [0.25, 0.3) is 22.9 Å². The molecular formula is C18H14N4O3. The number of carbonyl (C=O) groups is 1. The van der Waals surface area contributed by atoms with Crippen LogP contribution >= 0.6 is 0 Å². The van der Waals surface area contributed by atoms with Gasteiger partial charge in [-0.3, -0.25) is 14.9 Å². The monoisotopic (exact) mass is 334 g/mol.